The van der Waals surface area contributed by atoms with Crippen LogP contribution in [0.1, 0.15) is 18.0 Å². The van der Waals surface area contributed by atoms with Gasteiger partial charge < -0.3 is 5.73 Å². The van der Waals surface area contributed by atoms with Gasteiger partial charge >= 0.3 is 0 Å². The molecule has 3 rings (SSSR count). The lowest BCUT2D eigenvalue weighted by molar-refractivity contribution is 0.657. The van der Waals surface area contributed by atoms with E-state index in [1.54, 1.807) is 23.7 Å². The second-order valence-electron chi connectivity index (χ2n) is 3.88. The van der Waals surface area contributed by atoms with Crippen molar-refractivity contribution in [2.75, 3.05) is 5.73 Å². The number of aromatic nitrogens is 4. The third-order valence-corrected chi connectivity index (χ3v) is 4.10. The van der Waals surface area contributed by atoms with Gasteiger partial charge in [-0.1, -0.05) is 0 Å². The quantitative estimate of drug-likeness (QED) is 0.787. The Morgan fingerprint density at radius 2 is 2.28 bits per heavy atom. The Bertz CT molecular complexity index is 691. The molecule has 7 heteroatoms. The fraction of sp³-hybridized carbons (Fsp3) is 0.182. The number of nitrogen functional groups attached to an aromatic ring is 1. The van der Waals surface area contributed by atoms with Crippen molar-refractivity contribution < 1.29 is 0 Å². The average molecular weight is 324 g/mol. The van der Waals surface area contributed by atoms with Gasteiger partial charge in [0, 0.05) is 22.2 Å². The number of fused-ring (bicyclic) bond motifs is 1. The number of halogens is 1. The van der Waals surface area contributed by atoms with Crippen LogP contribution >= 0.6 is 27.3 Å². The Morgan fingerprint density at radius 1 is 1.44 bits per heavy atom. The first-order chi connectivity index (χ1) is 8.66. The predicted molar refractivity (Wildman–Crippen MR) is 75.6 cm³/mol. The van der Waals surface area contributed by atoms with E-state index in [-0.39, 0.29) is 6.04 Å². The Labute approximate surface area is 116 Å². The zero-order valence-electron chi connectivity index (χ0n) is 9.54. The van der Waals surface area contributed by atoms with Crippen LogP contribution in [0.5, 0.6) is 0 Å². The molecule has 0 spiro atoms. The van der Waals surface area contributed by atoms with Gasteiger partial charge in [0.2, 0.25) is 5.95 Å². The topological polar surface area (TPSA) is 69.6 Å². The molecule has 18 heavy (non-hydrogen) atoms. The number of thiazole rings is 1. The zero-order valence-corrected chi connectivity index (χ0v) is 11.9. The van der Waals surface area contributed by atoms with Crippen LogP contribution in [0.15, 0.2) is 28.3 Å². The van der Waals surface area contributed by atoms with E-state index >= 15 is 0 Å². The first kappa shape index (κ1) is 11.6. The first-order valence-corrected chi connectivity index (χ1v) is 7.02. The van der Waals surface area contributed by atoms with Gasteiger partial charge in [0.15, 0.2) is 5.65 Å². The van der Waals surface area contributed by atoms with Crippen molar-refractivity contribution in [3.63, 3.8) is 0 Å². The summed E-state index contributed by atoms with van der Waals surface area (Å²) >= 11 is 4.98. The minimum atomic E-state index is 0.0312. The van der Waals surface area contributed by atoms with E-state index < -0.39 is 0 Å². The minimum Gasteiger partial charge on any atom is -0.369 e. The summed E-state index contributed by atoms with van der Waals surface area (Å²) in [6.07, 6.45) is 3.53. The van der Waals surface area contributed by atoms with Crippen LogP contribution < -0.4 is 5.73 Å². The highest BCUT2D eigenvalue weighted by molar-refractivity contribution is 9.10. The fourth-order valence-corrected chi connectivity index (χ4v) is 2.91. The molecule has 0 aliphatic carbocycles. The van der Waals surface area contributed by atoms with Crippen LogP contribution in [0.4, 0.5) is 5.95 Å². The van der Waals surface area contributed by atoms with Gasteiger partial charge in [0.25, 0.3) is 0 Å². The van der Waals surface area contributed by atoms with Crippen molar-refractivity contribution in [3.05, 3.63) is 33.3 Å². The molecule has 2 N–H and O–H groups in total. The van der Waals surface area contributed by atoms with Crippen LogP contribution in [0, 0.1) is 0 Å². The van der Waals surface area contributed by atoms with E-state index in [9.17, 15) is 0 Å². The summed E-state index contributed by atoms with van der Waals surface area (Å²) in [4.78, 5) is 13.0. The summed E-state index contributed by atoms with van der Waals surface area (Å²) in [5.41, 5.74) is 7.54. The summed E-state index contributed by atoms with van der Waals surface area (Å²) in [7, 11) is 0. The Kier molecular flexibility index (Phi) is 2.79. The lowest BCUT2D eigenvalue weighted by Gasteiger charge is -2.12. The summed E-state index contributed by atoms with van der Waals surface area (Å²) in [5, 5.41) is 2.94. The fourth-order valence-electron chi connectivity index (χ4n) is 1.91. The monoisotopic (exact) mass is 323 g/mol. The second kappa shape index (κ2) is 4.33. The standard InChI is InChI=1S/C11H10BrN5S/c1-6(10-14-2-3-18-10)17-9-8(16-11(17)13)4-7(12)5-15-9/h2-6H,1H3,(H2,13,16). The van der Waals surface area contributed by atoms with E-state index in [4.69, 9.17) is 5.73 Å². The molecule has 0 saturated carbocycles. The van der Waals surface area contributed by atoms with Gasteiger partial charge in [-0.05, 0) is 28.9 Å². The third-order valence-electron chi connectivity index (χ3n) is 2.72. The Balaban J connectivity index is 2.19. The average Bonchev–Trinajstić information content (AvgIpc) is 2.94. The Hall–Kier alpha value is -1.47. The van der Waals surface area contributed by atoms with Gasteiger partial charge in [-0.3, -0.25) is 4.57 Å². The maximum Gasteiger partial charge on any atom is 0.203 e. The van der Waals surface area contributed by atoms with E-state index in [1.807, 2.05) is 22.9 Å². The minimum absolute atomic E-state index is 0.0312. The lowest BCUT2D eigenvalue weighted by atomic mass is 10.3. The van der Waals surface area contributed by atoms with Crippen LogP contribution in [0.3, 0.4) is 0 Å². The van der Waals surface area contributed by atoms with Crippen LogP contribution in [-0.4, -0.2) is 19.5 Å². The molecule has 1 unspecified atom stereocenters. The summed E-state index contributed by atoms with van der Waals surface area (Å²) in [6, 6.07) is 1.94. The Morgan fingerprint density at radius 3 is 3.00 bits per heavy atom. The van der Waals surface area contributed by atoms with Gasteiger partial charge in [0.05, 0.1) is 6.04 Å². The maximum atomic E-state index is 5.98. The zero-order chi connectivity index (χ0) is 12.7. The molecule has 0 amide bonds. The van der Waals surface area contributed by atoms with Crippen molar-refractivity contribution >= 4 is 44.4 Å². The highest BCUT2D eigenvalue weighted by atomic mass is 79.9. The second-order valence-corrected chi connectivity index (χ2v) is 5.72. The smallest absolute Gasteiger partial charge is 0.203 e. The molecule has 92 valence electrons. The van der Waals surface area contributed by atoms with Crippen LogP contribution in [0.25, 0.3) is 11.2 Å². The molecule has 0 aliphatic rings. The highest BCUT2D eigenvalue weighted by Crippen LogP contribution is 2.28. The van der Waals surface area contributed by atoms with E-state index in [2.05, 4.69) is 30.9 Å². The summed E-state index contributed by atoms with van der Waals surface area (Å²) in [6.45, 7) is 2.04. The van der Waals surface area contributed by atoms with Gasteiger partial charge in [0.1, 0.15) is 10.5 Å². The molecule has 0 aromatic carbocycles. The number of rotatable bonds is 2. The number of imidazole rings is 1. The number of pyridine rings is 1. The number of nitrogens with zero attached hydrogens (tertiary/aromatic N) is 4. The van der Waals surface area contributed by atoms with Gasteiger partial charge in [-0.25, -0.2) is 15.0 Å². The van der Waals surface area contributed by atoms with Crippen molar-refractivity contribution in [3.8, 4) is 0 Å². The summed E-state index contributed by atoms with van der Waals surface area (Å²) in [5.74, 6) is 0.457. The SMILES string of the molecule is CC(c1nccs1)n1c(N)nc2cc(Br)cnc21. The van der Waals surface area contributed by atoms with Crippen molar-refractivity contribution in [1.82, 2.24) is 19.5 Å². The van der Waals surface area contributed by atoms with E-state index in [1.165, 1.54) is 0 Å². The third kappa shape index (κ3) is 1.79. The maximum absolute atomic E-state index is 5.98. The number of hydrogen-bond donors (Lipinski definition) is 1. The van der Waals surface area contributed by atoms with Crippen LogP contribution in [0.2, 0.25) is 0 Å². The highest BCUT2D eigenvalue weighted by Gasteiger charge is 2.18. The molecule has 3 heterocycles. The predicted octanol–water partition coefficient (Wildman–Crippen LogP) is 2.84. The van der Waals surface area contributed by atoms with Crippen molar-refractivity contribution in [2.24, 2.45) is 0 Å². The number of hydrogen-bond acceptors (Lipinski definition) is 5. The lowest BCUT2D eigenvalue weighted by Crippen LogP contribution is -2.10. The molecule has 0 saturated heterocycles. The molecule has 1 atom stereocenters. The summed E-state index contributed by atoms with van der Waals surface area (Å²) < 4.78 is 2.79. The molecule has 0 bridgehead atoms. The van der Waals surface area contributed by atoms with Gasteiger partial charge in [-0.15, -0.1) is 11.3 Å². The molecule has 3 aromatic heterocycles. The molecule has 0 radical (unpaired) electrons. The molecular formula is C11H10BrN5S. The number of nitrogens with two attached hydrogens (primary N) is 1. The molecule has 0 fully saturated rings. The molecule has 5 nitrogen and oxygen atoms in total. The van der Waals surface area contributed by atoms with Crippen molar-refractivity contribution in [2.45, 2.75) is 13.0 Å². The largest absolute Gasteiger partial charge is 0.369 e. The van der Waals surface area contributed by atoms with Crippen LogP contribution in [-0.2, 0) is 0 Å². The normalized spacial score (nSPS) is 13.0. The molecular weight excluding hydrogens is 314 g/mol. The van der Waals surface area contributed by atoms with E-state index in [0.29, 0.717) is 5.95 Å². The first-order valence-electron chi connectivity index (χ1n) is 5.35. The number of anilines is 1. The molecule has 3 aromatic rings. The van der Waals surface area contributed by atoms with Gasteiger partial charge in [-0.2, -0.15) is 0 Å². The van der Waals surface area contributed by atoms with Crippen molar-refractivity contribution in [1.29, 1.82) is 0 Å². The molecule has 0 aliphatic heterocycles. The van der Waals surface area contributed by atoms with E-state index in [0.717, 1.165) is 20.6 Å².